The molecule has 1 aromatic heterocycles. The molecule has 0 aliphatic rings. The molecule has 6 nitrogen and oxygen atoms in total. The third-order valence-electron chi connectivity index (χ3n) is 0.620. The smallest absolute Gasteiger partial charge is 0.350 e. The van der Waals surface area contributed by atoms with E-state index in [-0.39, 0.29) is 0 Å². The Morgan fingerprint density at radius 1 is 1.83 bits per heavy atom. The van der Waals surface area contributed by atoms with E-state index in [1.54, 1.807) is 6.20 Å². The number of nitrogen functional groups attached to an aromatic ring is 1. The van der Waals surface area contributed by atoms with E-state index >= 15 is 0 Å². The monoisotopic (exact) mass is 189 g/mol. The van der Waals surface area contributed by atoms with Crippen molar-refractivity contribution in [3.8, 4) is 0 Å². The maximum absolute atomic E-state index is 9.29. The van der Waals surface area contributed by atoms with Gasteiger partial charge >= 0.3 is 5.97 Å². The van der Waals surface area contributed by atoms with Crippen molar-refractivity contribution in [1.29, 1.82) is 0 Å². The fourth-order valence-corrected chi connectivity index (χ4v) is 0.667. The number of aliphatic carboxylic acids is 1. The second-order valence-electron chi connectivity index (χ2n) is 1.45. The van der Waals surface area contributed by atoms with Crippen molar-refractivity contribution in [2.45, 2.75) is 0 Å². The van der Waals surface area contributed by atoms with E-state index in [1.165, 1.54) is 11.3 Å². The van der Waals surface area contributed by atoms with Gasteiger partial charge in [0, 0.05) is 11.6 Å². The maximum atomic E-state index is 9.29. The molecule has 0 aliphatic carbocycles. The lowest BCUT2D eigenvalue weighted by atomic mass is 10.8. The van der Waals surface area contributed by atoms with E-state index in [1.807, 2.05) is 5.38 Å². The van der Waals surface area contributed by atoms with Crippen LogP contribution in [0.5, 0.6) is 0 Å². The van der Waals surface area contributed by atoms with Crippen LogP contribution in [0, 0.1) is 0 Å². The first-order valence-electron chi connectivity index (χ1n) is 2.72. The van der Waals surface area contributed by atoms with Gasteiger partial charge in [-0.05, 0) is 0 Å². The molecule has 0 saturated carbocycles. The van der Waals surface area contributed by atoms with Crippen LogP contribution in [0.3, 0.4) is 0 Å². The van der Waals surface area contributed by atoms with E-state index in [2.05, 4.69) is 10.1 Å². The van der Waals surface area contributed by atoms with E-state index in [0.29, 0.717) is 11.3 Å². The molecule has 0 radical (unpaired) electrons. The summed E-state index contributed by atoms with van der Waals surface area (Å²) in [5.74, 6) is -1.25. The van der Waals surface area contributed by atoms with Gasteiger partial charge in [-0.25, -0.2) is 9.78 Å². The molecule has 1 aromatic rings. The van der Waals surface area contributed by atoms with Crippen LogP contribution in [0.1, 0.15) is 0 Å². The number of nitrogens with two attached hydrogens (primary N) is 1. The van der Waals surface area contributed by atoms with Crippen LogP contribution in [0.2, 0.25) is 0 Å². The molecule has 0 amide bonds. The van der Waals surface area contributed by atoms with Crippen LogP contribution in [-0.4, -0.2) is 27.5 Å². The number of carbonyl (C=O) groups is 1. The molecule has 0 atom stereocenters. The average Bonchev–Trinajstić information content (AvgIpc) is 2.40. The van der Waals surface area contributed by atoms with Crippen molar-refractivity contribution in [3.63, 3.8) is 0 Å². The molecular formula is C5H7N3O3S. The van der Waals surface area contributed by atoms with Gasteiger partial charge in [-0.3, -0.25) is 0 Å². The maximum Gasteiger partial charge on any atom is 0.350 e. The molecule has 12 heavy (non-hydrogen) atoms. The summed E-state index contributed by atoms with van der Waals surface area (Å²) in [5.41, 5.74) is 5.19. The van der Waals surface area contributed by atoms with Crippen molar-refractivity contribution in [3.05, 3.63) is 11.6 Å². The first kappa shape index (κ1) is 10.4. The molecule has 4 N–H and O–H groups in total. The number of hydrogen-bond donors (Lipinski definition) is 3. The van der Waals surface area contributed by atoms with Crippen LogP contribution in [0.15, 0.2) is 16.7 Å². The lowest BCUT2D eigenvalue weighted by Gasteiger charge is -1.67. The van der Waals surface area contributed by atoms with Gasteiger partial charge in [0.2, 0.25) is 0 Å². The van der Waals surface area contributed by atoms with Gasteiger partial charge in [0.1, 0.15) is 0 Å². The lowest BCUT2D eigenvalue weighted by molar-refractivity contribution is -0.128. The molecule has 0 aromatic carbocycles. The third-order valence-corrected chi connectivity index (χ3v) is 1.22. The van der Waals surface area contributed by atoms with Crippen LogP contribution in [-0.2, 0) is 4.79 Å². The van der Waals surface area contributed by atoms with E-state index < -0.39 is 5.97 Å². The van der Waals surface area contributed by atoms with Gasteiger partial charge in [0.05, 0.1) is 0 Å². The number of carboxylic acid groups (broad SMARTS) is 1. The van der Waals surface area contributed by atoms with Gasteiger partial charge < -0.3 is 16.0 Å². The normalized spacial score (nSPS) is 9.00. The Morgan fingerprint density at radius 2 is 2.50 bits per heavy atom. The first-order valence-corrected chi connectivity index (χ1v) is 3.60. The Morgan fingerprint density at radius 3 is 2.58 bits per heavy atom. The quantitative estimate of drug-likeness (QED) is 0.333. The summed E-state index contributed by atoms with van der Waals surface area (Å²) in [6.45, 7) is 0. The molecule has 0 unspecified atom stereocenters. The number of hydrogen-bond acceptors (Lipinski definition) is 6. The number of nitrogens with zero attached hydrogens (tertiary/aromatic N) is 2. The van der Waals surface area contributed by atoms with Gasteiger partial charge in [-0.15, -0.1) is 11.3 Å². The molecule has 1 rings (SSSR count). The minimum Gasteiger partial charge on any atom is -0.477 e. The molecule has 0 aliphatic heterocycles. The largest absolute Gasteiger partial charge is 0.477 e. The zero-order valence-corrected chi connectivity index (χ0v) is 6.73. The Balaban J connectivity index is 0.000000202. The topological polar surface area (TPSA) is 109 Å². The van der Waals surface area contributed by atoms with Crippen molar-refractivity contribution in [2.24, 2.45) is 5.16 Å². The first-order chi connectivity index (χ1) is 5.66. The number of thiazole rings is 1. The van der Waals surface area contributed by atoms with E-state index in [4.69, 9.17) is 16.0 Å². The van der Waals surface area contributed by atoms with Crippen molar-refractivity contribution in [1.82, 2.24) is 4.98 Å². The Hall–Kier alpha value is -1.63. The minimum absolute atomic E-state index is 0.389. The minimum atomic E-state index is -1.25. The molecule has 0 spiro atoms. The van der Waals surface area contributed by atoms with Crippen LogP contribution in [0.4, 0.5) is 5.13 Å². The summed E-state index contributed by atoms with van der Waals surface area (Å²) in [5, 5.41) is 19.7. The van der Waals surface area contributed by atoms with Crippen LogP contribution in [0.25, 0.3) is 0 Å². The zero-order chi connectivity index (χ0) is 9.40. The van der Waals surface area contributed by atoms with E-state index in [0.717, 1.165) is 0 Å². The predicted molar refractivity (Wildman–Crippen MR) is 44.4 cm³/mol. The predicted octanol–water partition coefficient (Wildman–Crippen LogP) is 0.256. The summed E-state index contributed by atoms with van der Waals surface area (Å²) < 4.78 is 0. The number of anilines is 1. The number of rotatable bonds is 1. The highest BCUT2D eigenvalue weighted by molar-refractivity contribution is 7.13. The highest BCUT2D eigenvalue weighted by Crippen LogP contribution is 2.02. The SMILES string of the molecule is Nc1nccs1.O=C(O)C=NO. The summed E-state index contributed by atoms with van der Waals surface area (Å²) in [7, 11) is 0. The zero-order valence-electron chi connectivity index (χ0n) is 5.91. The van der Waals surface area contributed by atoms with Gasteiger partial charge in [0.25, 0.3) is 0 Å². The van der Waals surface area contributed by atoms with Gasteiger partial charge in [-0.2, -0.15) is 0 Å². The molecule has 0 saturated heterocycles. The molecule has 7 heteroatoms. The fraction of sp³-hybridized carbons (Fsp3) is 0. The second-order valence-corrected chi connectivity index (χ2v) is 2.38. The van der Waals surface area contributed by atoms with Crippen LogP contribution < -0.4 is 5.73 Å². The Kier molecular flexibility index (Phi) is 5.28. The van der Waals surface area contributed by atoms with E-state index in [9.17, 15) is 4.79 Å². The molecule has 1 heterocycles. The number of aromatic nitrogens is 1. The molecule has 0 fully saturated rings. The fourth-order valence-electron chi connectivity index (χ4n) is 0.284. The number of carboxylic acids is 1. The summed E-state index contributed by atoms with van der Waals surface area (Å²) in [6.07, 6.45) is 2.07. The Labute approximate surface area is 72.0 Å². The van der Waals surface area contributed by atoms with Crippen molar-refractivity contribution >= 4 is 28.7 Å². The van der Waals surface area contributed by atoms with Gasteiger partial charge in [-0.1, -0.05) is 5.16 Å². The highest BCUT2D eigenvalue weighted by Gasteiger charge is 1.80. The van der Waals surface area contributed by atoms with Gasteiger partial charge in [0.15, 0.2) is 11.3 Å². The van der Waals surface area contributed by atoms with Crippen molar-refractivity contribution < 1.29 is 15.1 Å². The third kappa shape index (κ3) is 6.49. The average molecular weight is 189 g/mol. The molecule has 66 valence electrons. The standard InChI is InChI=1S/C3H4N2S.C2H3NO3/c4-3-5-1-2-6-3;4-2(5)1-3-6/h1-2H,(H2,4,5);1,6H,(H,4,5). The number of oxime groups is 1. The highest BCUT2D eigenvalue weighted by atomic mass is 32.1. The Bertz CT molecular complexity index is 246. The lowest BCUT2D eigenvalue weighted by Crippen LogP contribution is -1.93. The summed E-state index contributed by atoms with van der Waals surface area (Å²) >= 11 is 1.44. The molecular weight excluding hydrogens is 182 g/mol. The second kappa shape index (κ2) is 6.10. The molecule has 0 bridgehead atoms. The van der Waals surface area contributed by atoms with Crippen LogP contribution >= 0.6 is 11.3 Å². The summed E-state index contributed by atoms with van der Waals surface area (Å²) in [6, 6.07) is 0. The summed E-state index contributed by atoms with van der Waals surface area (Å²) in [4.78, 5) is 13.0. The van der Waals surface area contributed by atoms with Crippen molar-refractivity contribution in [2.75, 3.05) is 5.73 Å².